The van der Waals surface area contributed by atoms with Crippen molar-refractivity contribution in [1.29, 1.82) is 0 Å². The fourth-order valence-corrected chi connectivity index (χ4v) is 2.07. The van der Waals surface area contributed by atoms with Crippen molar-refractivity contribution >= 4 is 0 Å². The Kier molecular flexibility index (Phi) is 0.854. The third-order valence-corrected chi connectivity index (χ3v) is 2.75. The maximum atomic E-state index is 5.43. The molecule has 0 aromatic rings. The van der Waals surface area contributed by atoms with Crippen molar-refractivity contribution in [1.82, 2.24) is 4.90 Å². The topological polar surface area (TPSA) is 25.0 Å². The summed E-state index contributed by atoms with van der Waals surface area (Å²) in [5.41, 5.74) is 0. The minimum absolute atomic E-state index is 0.448. The Morgan fingerprint density at radius 2 is 1.80 bits per heavy atom. The van der Waals surface area contributed by atoms with Crippen molar-refractivity contribution in [3.05, 3.63) is 7.05 Å². The highest BCUT2D eigenvalue weighted by Gasteiger charge is 2.58. The van der Waals surface area contributed by atoms with Crippen LogP contribution in [0.3, 0.4) is 0 Å². The molecule has 0 spiro atoms. The summed E-state index contributed by atoms with van der Waals surface area (Å²) >= 11 is 0. The van der Waals surface area contributed by atoms with Crippen LogP contribution in [0.4, 0.5) is 0 Å². The van der Waals surface area contributed by atoms with E-state index in [1.165, 1.54) is 0 Å². The first kappa shape index (κ1) is 5.52. The average Bonchev–Trinajstić information content (AvgIpc) is 2.59. The molecule has 0 aromatic carbocycles. The zero-order chi connectivity index (χ0) is 6.72. The second-order valence-electron chi connectivity index (χ2n) is 3.25. The highest BCUT2D eigenvalue weighted by atomic mass is 16.6. The Bertz CT molecular complexity index is 157. The lowest BCUT2D eigenvalue weighted by molar-refractivity contribution is -0.0362. The molecule has 2 bridgehead atoms. The number of ether oxygens (including phenoxy) is 2. The Labute approximate surface area is 59.9 Å². The molecule has 3 aliphatic heterocycles. The summed E-state index contributed by atoms with van der Waals surface area (Å²) in [6.07, 6.45) is 0.898. The van der Waals surface area contributed by atoms with Crippen molar-refractivity contribution in [2.24, 2.45) is 0 Å². The van der Waals surface area contributed by atoms with Gasteiger partial charge in [0.05, 0.1) is 13.2 Å². The largest absolute Gasteiger partial charge is 0.446 e. The summed E-state index contributed by atoms with van der Waals surface area (Å²) in [5, 5.41) is 0. The van der Waals surface area contributed by atoms with Crippen LogP contribution in [-0.4, -0.2) is 42.4 Å². The predicted molar refractivity (Wildman–Crippen MR) is 34.3 cm³/mol. The number of rotatable bonds is 0. The van der Waals surface area contributed by atoms with Gasteiger partial charge in [0, 0.05) is 12.1 Å². The van der Waals surface area contributed by atoms with Gasteiger partial charge in [0.25, 0.3) is 0 Å². The zero-order valence-corrected chi connectivity index (χ0v) is 5.69. The molecule has 3 heteroatoms. The molecule has 0 aliphatic carbocycles. The van der Waals surface area contributed by atoms with Gasteiger partial charge in [-0.05, 0) is 0 Å². The van der Waals surface area contributed by atoms with E-state index in [0.29, 0.717) is 24.3 Å². The van der Waals surface area contributed by atoms with E-state index in [0.717, 1.165) is 13.2 Å². The minimum Gasteiger partial charge on any atom is -0.446 e. The van der Waals surface area contributed by atoms with Crippen LogP contribution in [0.2, 0.25) is 0 Å². The van der Waals surface area contributed by atoms with Crippen LogP contribution in [0.25, 0.3) is 0 Å². The van der Waals surface area contributed by atoms with E-state index in [4.69, 9.17) is 9.47 Å². The van der Waals surface area contributed by atoms with Crippen LogP contribution in [0.1, 0.15) is 0 Å². The second-order valence-corrected chi connectivity index (χ2v) is 3.25. The van der Waals surface area contributed by atoms with E-state index in [9.17, 15) is 0 Å². The smallest absolute Gasteiger partial charge is 0.101 e. The molecular formula is C7H10NO2-. The molecule has 0 N–H and O–H groups in total. The van der Waals surface area contributed by atoms with Gasteiger partial charge in [0.2, 0.25) is 0 Å². The van der Waals surface area contributed by atoms with Crippen LogP contribution in [0.5, 0.6) is 0 Å². The van der Waals surface area contributed by atoms with E-state index in [1.54, 1.807) is 0 Å². The maximum Gasteiger partial charge on any atom is 0.101 e. The van der Waals surface area contributed by atoms with Crippen molar-refractivity contribution in [3.8, 4) is 0 Å². The lowest BCUT2D eigenvalue weighted by Gasteiger charge is -2.40. The third kappa shape index (κ3) is 0.480. The van der Waals surface area contributed by atoms with Crippen molar-refractivity contribution < 1.29 is 9.47 Å². The van der Waals surface area contributed by atoms with Gasteiger partial charge in [0.1, 0.15) is 12.2 Å². The number of hydrogen-bond donors (Lipinski definition) is 0. The van der Waals surface area contributed by atoms with Gasteiger partial charge in [-0.3, -0.25) is 7.05 Å². The van der Waals surface area contributed by atoms with Crippen LogP contribution < -0.4 is 0 Å². The highest BCUT2D eigenvalue weighted by Crippen LogP contribution is 2.43. The van der Waals surface area contributed by atoms with E-state index in [-0.39, 0.29) is 0 Å². The number of hydrogen-bond acceptors (Lipinski definition) is 3. The molecule has 56 valence electrons. The van der Waals surface area contributed by atoms with Crippen molar-refractivity contribution in [2.75, 3.05) is 13.2 Å². The van der Waals surface area contributed by atoms with E-state index in [2.05, 4.69) is 11.9 Å². The maximum absolute atomic E-state index is 5.43. The SMILES string of the molecule is [CH2-]N1C2COCC1C1OC12. The normalized spacial score (nSPS) is 58.5. The zero-order valence-electron chi connectivity index (χ0n) is 5.69. The molecule has 0 aromatic heterocycles. The molecule has 3 heterocycles. The van der Waals surface area contributed by atoms with Gasteiger partial charge < -0.3 is 14.4 Å². The fraction of sp³-hybridized carbons (Fsp3) is 0.857. The van der Waals surface area contributed by atoms with Crippen LogP contribution in [0, 0.1) is 7.05 Å². The fourth-order valence-electron chi connectivity index (χ4n) is 2.07. The summed E-state index contributed by atoms with van der Waals surface area (Å²) in [6, 6.07) is 0.896. The van der Waals surface area contributed by atoms with E-state index < -0.39 is 0 Å². The first-order valence-electron chi connectivity index (χ1n) is 3.70. The van der Waals surface area contributed by atoms with Crippen LogP contribution in [-0.2, 0) is 9.47 Å². The standard InChI is InChI=1S/C7H10NO2/c1-8-4-2-9-3-5(8)7-6(4)10-7/h4-7H,1-3H2/q-1. The summed E-state index contributed by atoms with van der Waals surface area (Å²) < 4.78 is 10.8. The third-order valence-electron chi connectivity index (χ3n) is 2.75. The molecular weight excluding hydrogens is 130 g/mol. The highest BCUT2D eigenvalue weighted by molar-refractivity contribution is 5.12. The number of nitrogens with zero attached hydrogens (tertiary/aromatic N) is 1. The van der Waals surface area contributed by atoms with Crippen LogP contribution in [0.15, 0.2) is 0 Å². The molecule has 3 nitrogen and oxygen atoms in total. The van der Waals surface area contributed by atoms with E-state index in [1.807, 2.05) is 0 Å². The van der Waals surface area contributed by atoms with Crippen molar-refractivity contribution in [2.45, 2.75) is 24.3 Å². The Morgan fingerprint density at radius 3 is 2.30 bits per heavy atom. The molecule has 3 saturated heterocycles. The Balaban J connectivity index is 1.94. The van der Waals surface area contributed by atoms with Gasteiger partial charge >= 0.3 is 0 Å². The molecule has 3 fully saturated rings. The predicted octanol–water partition coefficient (Wildman–Crippen LogP) is -0.372. The lowest BCUT2D eigenvalue weighted by Crippen LogP contribution is -2.46. The van der Waals surface area contributed by atoms with Gasteiger partial charge in [-0.1, -0.05) is 0 Å². The lowest BCUT2D eigenvalue weighted by atomic mass is 10.2. The molecule has 4 atom stereocenters. The molecule has 0 saturated carbocycles. The first-order valence-corrected chi connectivity index (χ1v) is 3.70. The Hall–Kier alpha value is -0.120. The van der Waals surface area contributed by atoms with Gasteiger partial charge in [0.15, 0.2) is 0 Å². The monoisotopic (exact) mass is 140 g/mol. The number of fused-ring (bicyclic) bond motifs is 5. The minimum atomic E-state index is 0.448. The molecule has 0 radical (unpaired) electrons. The summed E-state index contributed by atoms with van der Waals surface area (Å²) in [7, 11) is 3.98. The quantitative estimate of drug-likeness (QED) is 0.339. The first-order chi connectivity index (χ1) is 4.88. The summed E-state index contributed by atoms with van der Waals surface area (Å²) in [4.78, 5) is 2.16. The van der Waals surface area contributed by atoms with Gasteiger partial charge in [-0.25, -0.2) is 0 Å². The van der Waals surface area contributed by atoms with E-state index >= 15 is 0 Å². The van der Waals surface area contributed by atoms with Crippen molar-refractivity contribution in [3.63, 3.8) is 0 Å². The number of morpholine rings is 2. The van der Waals surface area contributed by atoms with Crippen LogP contribution >= 0.6 is 0 Å². The number of epoxide rings is 1. The summed E-state index contributed by atoms with van der Waals surface area (Å²) in [6.45, 7) is 1.61. The second kappa shape index (κ2) is 1.55. The molecule has 3 rings (SSSR count). The molecule has 10 heavy (non-hydrogen) atoms. The van der Waals surface area contributed by atoms with Gasteiger partial charge in [-0.2, -0.15) is 0 Å². The van der Waals surface area contributed by atoms with Gasteiger partial charge in [-0.15, -0.1) is 0 Å². The average molecular weight is 140 g/mol. The molecule has 0 amide bonds. The summed E-state index contributed by atoms with van der Waals surface area (Å²) in [5.74, 6) is 0. The Morgan fingerprint density at radius 1 is 1.20 bits per heavy atom. The molecule has 3 aliphatic rings. The molecule has 4 unspecified atom stereocenters.